The van der Waals surface area contributed by atoms with E-state index in [2.05, 4.69) is 0 Å². The summed E-state index contributed by atoms with van der Waals surface area (Å²) < 4.78 is 5.67. The van der Waals surface area contributed by atoms with E-state index in [0.29, 0.717) is 23.4 Å². The third-order valence-electron chi connectivity index (χ3n) is 6.46. The second-order valence-corrected chi connectivity index (χ2v) is 8.56. The third-order valence-corrected chi connectivity index (χ3v) is 6.46. The van der Waals surface area contributed by atoms with Crippen LogP contribution in [0.1, 0.15) is 41.6 Å². The molecule has 2 N–H and O–H groups in total. The van der Waals surface area contributed by atoms with Gasteiger partial charge in [0.25, 0.3) is 11.7 Å². The van der Waals surface area contributed by atoms with E-state index in [-0.39, 0.29) is 17.1 Å². The minimum atomic E-state index is -0.833. The largest absolute Gasteiger partial charge is 0.508 e. The molecule has 2 aliphatic rings. The Labute approximate surface area is 197 Å². The number of fused-ring (bicyclic) bond motifs is 1. The van der Waals surface area contributed by atoms with Crippen LogP contribution >= 0.6 is 0 Å². The van der Waals surface area contributed by atoms with Gasteiger partial charge in [-0.15, -0.1) is 0 Å². The van der Waals surface area contributed by atoms with Crippen molar-refractivity contribution in [2.45, 2.75) is 32.2 Å². The van der Waals surface area contributed by atoms with E-state index >= 15 is 0 Å². The molecule has 6 nitrogen and oxygen atoms in total. The number of ketones is 1. The topological polar surface area (TPSA) is 87.1 Å². The Morgan fingerprint density at radius 2 is 1.76 bits per heavy atom. The summed E-state index contributed by atoms with van der Waals surface area (Å²) in [5, 5.41) is 21.1. The molecule has 0 radical (unpaired) electrons. The summed E-state index contributed by atoms with van der Waals surface area (Å²) in [5.74, 6) is -0.830. The predicted molar refractivity (Wildman–Crippen MR) is 129 cm³/mol. The standard InChI is InChI=1S/C28H25NO5/c1-2-17-5-10-21(11-6-17)29-25(18-7-12-22(30)13-8-18)24(27(32)28(29)33)26(31)20-9-14-23-19(16-20)4-3-15-34-23/h5-14,16,25,30-31H,2-4,15H2,1H3/b26-24-. The van der Waals surface area contributed by atoms with E-state index in [1.54, 1.807) is 24.3 Å². The summed E-state index contributed by atoms with van der Waals surface area (Å²) in [7, 11) is 0. The summed E-state index contributed by atoms with van der Waals surface area (Å²) in [5.41, 5.74) is 3.73. The number of hydrogen-bond donors (Lipinski definition) is 2. The molecule has 0 aromatic heterocycles. The second kappa shape index (κ2) is 8.71. The maximum atomic E-state index is 13.3. The van der Waals surface area contributed by atoms with Gasteiger partial charge in [-0.2, -0.15) is 0 Å². The van der Waals surface area contributed by atoms with Crippen LogP contribution in [-0.4, -0.2) is 28.5 Å². The predicted octanol–water partition coefficient (Wildman–Crippen LogP) is 4.91. The number of anilines is 1. The molecule has 2 aliphatic heterocycles. The number of aliphatic hydroxyl groups is 1. The van der Waals surface area contributed by atoms with Gasteiger partial charge in [0, 0.05) is 11.3 Å². The molecule has 2 heterocycles. The van der Waals surface area contributed by atoms with Crippen LogP contribution in [0.15, 0.2) is 72.3 Å². The van der Waals surface area contributed by atoms with E-state index in [1.807, 2.05) is 37.3 Å². The van der Waals surface area contributed by atoms with Gasteiger partial charge >= 0.3 is 0 Å². The number of Topliss-reactive ketones (excluding diaryl/α,β-unsaturated/α-hetero) is 1. The van der Waals surface area contributed by atoms with Gasteiger partial charge in [-0.1, -0.05) is 31.2 Å². The number of aromatic hydroxyl groups is 1. The van der Waals surface area contributed by atoms with Crippen molar-refractivity contribution in [3.8, 4) is 11.5 Å². The Balaban J connectivity index is 1.67. The van der Waals surface area contributed by atoms with Gasteiger partial charge in [0.2, 0.25) is 0 Å². The van der Waals surface area contributed by atoms with Crippen molar-refractivity contribution >= 4 is 23.1 Å². The highest BCUT2D eigenvalue weighted by Crippen LogP contribution is 2.43. The van der Waals surface area contributed by atoms with Crippen molar-refractivity contribution in [2.75, 3.05) is 11.5 Å². The van der Waals surface area contributed by atoms with E-state index < -0.39 is 17.7 Å². The fraction of sp³-hybridized carbons (Fsp3) is 0.214. The molecule has 0 bridgehead atoms. The molecule has 6 heteroatoms. The molecule has 0 aliphatic carbocycles. The van der Waals surface area contributed by atoms with Crippen LogP contribution in [0.2, 0.25) is 0 Å². The number of rotatable bonds is 4. The van der Waals surface area contributed by atoms with Gasteiger partial charge in [0.15, 0.2) is 0 Å². The minimum absolute atomic E-state index is 0.0203. The van der Waals surface area contributed by atoms with Crippen molar-refractivity contribution < 1.29 is 24.5 Å². The monoisotopic (exact) mass is 455 g/mol. The van der Waals surface area contributed by atoms with Crippen LogP contribution in [0.3, 0.4) is 0 Å². The molecule has 1 saturated heterocycles. The number of phenols is 1. The maximum Gasteiger partial charge on any atom is 0.300 e. The van der Waals surface area contributed by atoms with Gasteiger partial charge in [-0.05, 0) is 78.4 Å². The lowest BCUT2D eigenvalue weighted by Gasteiger charge is -2.26. The highest BCUT2D eigenvalue weighted by molar-refractivity contribution is 6.51. The zero-order valence-electron chi connectivity index (χ0n) is 18.8. The number of carbonyl (C=O) groups excluding carboxylic acids is 2. The van der Waals surface area contributed by atoms with E-state index in [9.17, 15) is 19.8 Å². The second-order valence-electron chi connectivity index (χ2n) is 8.56. The minimum Gasteiger partial charge on any atom is -0.508 e. The zero-order chi connectivity index (χ0) is 23.8. The van der Waals surface area contributed by atoms with Gasteiger partial charge < -0.3 is 14.9 Å². The Kier molecular flexibility index (Phi) is 5.57. The number of aryl methyl sites for hydroxylation is 2. The van der Waals surface area contributed by atoms with E-state index in [0.717, 1.165) is 36.1 Å². The van der Waals surface area contributed by atoms with Gasteiger partial charge in [-0.25, -0.2) is 0 Å². The lowest BCUT2D eigenvalue weighted by Crippen LogP contribution is -2.29. The molecule has 1 amide bonds. The van der Waals surface area contributed by atoms with Crippen molar-refractivity contribution in [1.29, 1.82) is 0 Å². The van der Waals surface area contributed by atoms with Crippen LogP contribution in [0.4, 0.5) is 5.69 Å². The Morgan fingerprint density at radius 3 is 2.47 bits per heavy atom. The summed E-state index contributed by atoms with van der Waals surface area (Å²) >= 11 is 0. The lowest BCUT2D eigenvalue weighted by atomic mass is 9.93. The first-order valence-electron chi connectivity index (χ1n) is 11.4. The summed E-state index contributed by atoms with van der Waals surface area (Å²) in [4.78, 5) is 28.0. The molecule has 3 aromatic carbocycles. The molecule has 3 aromatic rings. The highest BCUT2D eigenvalue weighted by atomic mass is 16.5. The fourth-order valence-electron chi connectivity index (χ4n) is 4.63. The zero-order valence-corrected chi connectivity index (χ0v) is 18.8. The molecule has 0 spiro atoms. The summed E-state index contributed by atoms with van der Waals surface area (Å²) in [6, 6.07) is 18.3. The van der Waals surface area contributed by atoms with Gasteiger partial charge in [-0.3, -0.25) is 14.5 Å². The van der Waals surface area contributed by atoms with Crippen molar-refractivity contribution in [3.63, 3.8) is 0 Å². The molecule has 34 heavy (non-hydrogen) atoms. The number of benzene rings is 3. The molecule has 1 atom stereocenters. The van der Waals surface area contributed by atoms with E-state index in [1.165, 1.54) is 17.0 Å². The maximum absolute atomic E-state index is 13.3. The first-order chi connectivity index (χ1) is 16.5. The van der Waals surface area contributed by atoms with Crippen LogP contribution in [-0.2, 0) is 22.4 Å². The number of ether oxygens (including phenoxy) is 1. The quantitative estimate of drug-likeness (QED) is 0.332. The van der Waals surface area contributed by atoms with Crippen LogP contribution < -0.4 is 9.64 Å². The third kappa shape index (κ3) is 3.71. The molecular weight excluding hydrogens is 430 g/mol. The van der Waals surface area contributed by atoms with Crippen molar-refractivity contribution in [1.82, 2.24) is 0 Å². The van der Waals surface area contributed by atoms with Crippen molar-refractivity contribution in [3.05, 3.63) is 94.6 Å². The Morgan fingerprint density at radius 1 is 1.03 bits per heavy atom. The van der Waals surface area contributed by atoms with E-state index in [4.69, 9.17) is 4.74 Å². The average Bonchev–Trinajstić information content (AvgIpc) is 3.14. The highest BCUT2D eigenvalue weighted by Gasteiger charge is 2.47. The molecular formula is C28H25NO5. The number of phenolic OH excluding ortho intramolecular Hbond substituents is 1. The number of nitrogens with zero attached hydrogens (tertiary/aromatic N) is 1. The molecule has 5 rings (SSSR count). The smallest absolute Gasteiger partial charge is 0.300 e. The van der Waals surface area contributed by atoms with Crippen LogP contribution in [0.25, 0.3) is 5.76 Å². The first-order valence-corrected chi connectivity index (χ1v) is 11.4. The van der Waals surface area contributed by atoms with Crippen LogP contribution in [0, 0.1) is 0 Å². The number of amides is 1. The van der Waals surface area contributed by atoms with Crippen LogP contribution in [0.5, 0.6) is 11.5 Å². The normalized spacial score (nSPS) is 19.1. The summed E-state index contributed by atoms with van der Waals surface area (Å²) in [6.07, 6.45) is 2.54. The number of carbonyl (C=O) groups is 2. The fourth-order valence-corrected chi connectivity index (χ4v) is 4.63. The Hall–Kier alpha value is -4.06. The Bertz CT molecular complexity index is 1290. The lowest BCUT2D eigenvalue weighted by molar-refractivity contribution is -0.132. The molecule has 0 saturated carbocycles. The summed E-state index contributed by atoms with van der Waals surface area (Å²) in [6.45, 7) is 2.70. The van der Waals surface area contributed by atoms with Gasteiger partial charge in [0.05, 0.1) is 18.2 Å². The van der Waals surface area contributed by atoms with Gasteiger partial charge in [0.1, 0.15) is 17.3 Å². The molecule has 1 unspecified atom stereocenters. The molecule has 1 fully saturated rings. The number of aliphatic hydroxyl groups excluding tert-OH is 1. The van der Waals surface area contributed by atoms with Crippen molar-refractivity contribution in [2.24, 2.45) is 0 Å². The SMILES string of the molecule is CCc1ccc(N2C(=O)C(=O)/C(=C(\O)c3ccc4c(c3)CCCO4)C2c2ccc(O)cc2)cc1. The average molecular weight is 456 g/mol. The number of hydrogen-bond acceptors (Lipinski definition) is 5. The molecule has 172 valence electrons. The first kappa shape index (κ1) is 21.8.